The summed E-state index contributed by atoms with van der Waals surface area (Å²) in [6.07, 6.45) is 0.516. The second-order valence-corrected chi connectivity index (χ2v) is 2.47. The fraction of sp³-hybridized carbons (Fsp3) is 0.714. The predicted molar refractivity (Wildman–Crippen MR) is 46.9 cm³/mol. The minimum absolute atomic E-state index is 0. The highest BCUT2D eigenvalue weighted by atomic mass is 35.5. The Bertz CT molecular complexity index is 190. The predicted octanol–water partition coefficient (Wildman–Crippen LogP) is -0.246. The second kappa shape index (κ2) is 5.81. The van der Waals surface area contributed by atoms with Gasteiger partial charge in [-0.2, -0.15) is 5.26 Å². The van der Waals surface area contributed by atoms with E-state index < -0.39 is 0 Å². The number of carbonyl (C=O) groups is 1. The molecule has 0 saturated carbocycles. The molecule has 4 nitrogen and oxygen atoms in total. The van der Waals surface area contributed by atoms with Crippen LogP contribution in [-0.2, 0) is 4.79 Å². The Morgan fingerprint density at radius 3 is 3.00 bits per heavy atom. The molecule has 1 aliphatic rings. The molecule has 0 bridgehead atoms. The van der Waals surface area contributed by atoms with Crippen molar-refractivity contribution in [2.75, 3.05) is 26.2 Å². The molecule has 1 aliphatic heterocycles. The summed E-state index contributed by atoms with van der Waals surface area (Å²) in [5.74, 6) is 0.0801. The van der Waals surface area contributed by atoms with Crippen LogP contribution in [0.4, 0.5) is 0 Å². The fourth-order valence-electron chi connectivity index (χ4n) is 1.07. The third-order valence-corrected chi connectivity index (χ3v) is 1.69. The molecule has 1 N–H and O–H groups in total. The van der Waals surface area contributed by atoms with Gasteiger partial charge in [-0.05, 0) is 0 Å². The number of nitriles is 1. The lowest BCUT2D eigenvalue weighted by atomic mass is 10.4. The number of hydrogen-bond donors (Lipinski definition) is 1. The zero-order valence-corrected chi connectivity index (χ0v) is 7.56. The van der Waals surface area contributed by atoms with Crippen LogP contribution in [0, 0.1) is 11.3 Å². The number of carbonyl (C=O) groups excluding carboxylic acids is 1. The van der Waals surface area contributed by atoms with Crippen molar-refractivity contribution in [2.24, 2.45) is 0 Å². The van der Waals surface area contributed by atoms with Crippen LogP contribution in [0.5, 0.6) is 0 Å². The number of amides is 1. The fourth-order valence-corrected chi connectivity index (χ4v) is 1.07. The van der Waals surface area contributed by atoms with E-state index >= 15 is 0 Å². The summed E-state index contributed by atoms with van der Waals surface area (Å²) in [7, 11) is 0. The van der Waals surface area contributed by atoms with Gasteiger partial charge >= 0.3 is 0 Å². The Morgan fingerprint density at radius 1 is 1.58 bits per heavy atom. The van der Waals surface area contributed by atoms with E-state index in [0.29, 0.717) is 13.0 Å². The number of nitrogens with zero attached hydrogens (tertiary/aromatic N) is 2. The summed E-state index contributed by atoms with van der Waals surface area (Å²) in [4.78, 5) is 12.7. The van der Waals surface area contributed by atoms with Crippen molar-refractivity contribution in [2.45, 2.75) is 6.42 Å². The zero-order valence-electron chi connectivity index (χ0n) is 6.75. The van der Waals surface area contributed by atoms with Crippen LogP contribution >= 0.6 is 12.4 Å². The van der Waals surface area contributed by atoms with E-state index in [-0.39, 0.29) is 24.9 Å². The zero-order chi connectivity index (χ0) is 8.10. The molecule has 12 heavy (non-hydrogen) atoms. The van der Waals surface area contributed by atoms with Crippen LogP contribution in [0.25, 0.3) is 0 Å². The maximum absolute atomic E-state index is 11.1. The molecule has 1 rings (SSSR count). The van der Waals surface area contributed by atoms with E-state index in [1.165, 1.54) is 0 Å². The third-order valence-electron chi connectivity index (χ3n) is 1.69. The van der Waals surface area contributed by atoms with Crippen molar-refractivity contribution in [3.05, 3.63) is 0 Å². The number of hydrogen-bond acceptors (Lipinski definition) is 3. The Balaban J connectivity index is 0.00000121. The molecule has 0 aromatic heterocycles. The molecule has 0 radical (unpaired) electrons. The minimum Gasteiger partial charge on any atom is -0.328 e. The van der Waals surface area contributed by atoms with E-state index in [4.69, 9.17) is 5.26 Å². The van der Waals surface area contributed by atoms with Crippen LogP contribution in [0.2, 0.25) is 0 Å². The van der Waals surface area contributed by atoms with Crippen molar-refractivity contribution < 1.29 is 4.79 Å². The summed E-state index contributed by atoms with van der Waals surface area (Å²) in [5, 5.41) is 11.5. The van der Waals surface area contributed by atoms with Gasteiger partial charge in [0.05, 0.1) is 6.07 Å². The largest absolute Gasteiger partial charge is 0.328 e. The van der Waals surface area contributed by atoms with Crippen LogP contribution in [0.1, 0.15) is 6.42 Å². The summed E-state index contributed by atoms with van der Waals surface area (Å²) in [6.45, 7) is 2.42. The van der Waals surface area contributed by atoms with Gasteiger partial charge in [0.15, 0.2) is 0 Å². The van der Waals surface area contributed by atoms with Gasteiger partial charge in [-0.3, -0.25) is 4.79 Å². The number of rotatable bonds is 1. The summed E-state index contributed by atoms with van der Waals surface area (Å²) >= 11 is 0. The first kappa shape index (κ1) is 11.2. The molecule has 1 heterocycles. The molecule has 1 saturated heterocycles. The molecule has 1 fully saturated rings. The van der Waals surface area contributed by atoms with Gasteiger partial charge in [0.1, 0.15) is 6.54 Å². The molecule has 1 amide bonds. The molecule has 68 valence electrons. The molecule has 0 spiro atoms. The highest BCUT2D eigenvalue weighted by Crippen LogP contribution is 1.95. The first-order chi connectivity index (χ1) is 5.34. The molecule has 5 heteroatoms. The van der Waals surface area contributed by atoms with Crippen LogP contribution in [0.15, 0.2) is 0 Å². The smallest absolute Gasteiger partial charge is 0.224 e. The van der Waals surface area contributed by atoms with Crippen molar-refractivity contribution >= 4 is 18.3 Å². The Hall–Kier alpha value is -0.790. The SMILES string of the molecule is Cl.N#CCN1CCNCCC1=O. The normalized spacial score (nSPS) is 17.6. The standard InChI is InChI=1S/C7H11N3O.ClH/c8-2-5-10-6-4-9-3-1-7(10)11;/h9H,1,3-6H2;1H. The molecule has 0 aromatic rings. The molecule has 0 unspecified atom stereocenters. The van der Waals surface area contributed by atoms with E-state index in [0.717, 1.165) is 13.1 Å². The minimum atomic E-state index is 0. The van der Waals surface area contributed by atoms with Gasteiger partial charge in [-0.1, -0.05) is 0 Å². The monoisotopic (exact) mass is 189 g/mol. The lowest BCUT2D eigenvalue weighted by molar-refractivity contribution is -0.129. The van der Waals surface area contributed by atoms with Crippen molar-refractivity contribution in [1.29, 1.82) is 5.26 Å². The molecule has 0 atom stereocenters. The van der Waals surface area contributed by atoms with E-state index in [2.05, 4.69) is 5.32 Å². The maximum atomic E-state index is 11.1. The van der Waals surface area contributed by atoms with Crippen LogP contribution in [0.3, 0.4) is 0 Å². The Labute approximate surface area is 77.9 Å². The van der Waals surface area contributed by atoms with Crippen molar-refractivity contribution in [3.8, 4) is 6.07 Å². The van der Waals surface area contributed by atoms with Gasteiger partial charge in [-0.25, -0.2) is 0 Å². The molecule has 0 aromatic carbocycles. The van der Waals surface area contributed by atoms with Gasteiger partial charge in [0.2, 0.25) is 5.91 Å². The summed E-state index contributed by atoms with van der Waals surface area (Å²) in [5.41, 5.74) is 0. The maximum Gasteiger partial charge on any atom is 0.224 e. The Kier molecular flexibility index (Phi) is 5.43. The quantitative estimate of drug-likeness (QED) is 0.579. The summed E-state index contributed by atoms with van der Waals surface area (Å²) in [6, 6.07) is 1.97. The van der Waals surface area contributed by atoms with Crippen molar-refractivity contribution in [3.63, 3.8) is 0 Å². The molecule has 0 aliphatic carbocycles. The van der Waals surface area contributed by atoms with E-state index in [1.807, 2.05) is 6.07 Å². The highest BCUT2D eigenvalue weighted by molar-refractivity contribution is 5.85. The van der Waals surface area contributed by atoms with Crippen LogP contribution < -0.4 is 5.32 Å². The van der Waals surface area contributed by atoms with E-state index in [1.54, 1.807) is 4.90 Å². The number of halogens is 1. The second-order valence-electron chi connectivity index (χ2n) is 2.47. The average molecular weight is 190 g/mol. The van der Waals surface area contributed by atoms with Crippen LogP contribution in [-0.4, -0.2) is 37.0 Å². The molecular formula is C7H12ClN3O. The average Bonchev–Trinajstić information content (AvgIpc) is 2.18. The van der Waals surface area contributed by atoms with Gasteiger partial charge in [0, 0.05) is 26.1 Å². The Morgan fingerprint density at radius 2 is 2.33 bits per heavy atom. The third kappa shape index (κ3) is 3.07. The lowest BCUT2D eigenvalue weighted by Crippen LogP contribution is -2.32. The van der Waals surface area contributed by atoms with Gasteiger partial charge < -0.3 is 10.2 Å². The van der Waals surface area contributed by atoms with E-state index in [9.17, 15) is 4.79 Å². The number of nitrogens with one attached hydrogen (secondary N) is 1. The first-order valence-corrected chi connectivity index (χ1v) is 3.70. The first-order valence-electron chi connectivity index (χ1n) is 3.70. The summed E-state index contributed by atoms with van der Waals surface area (Å²) < 4.78 is 0. The lowest BCUT2D eigenvalue weighted by Gasteiger charge is -2.15. The highest BCUT2D eigenvalue weighted by Gasteiger charge is 2.14. The van der Waals surface area contributed by atoms with Crippen molar-refractivity contribution in [1.82, 2.24) is 10.2 Å². The van der Waals surface area contributed by atoms with Gasteiger partial charge in [0.25, 0.3) is 0 Å². The molecular weight excluding hydrogens is 178 g/mol. The van der Waals surface area contributed by atoms with Gasteiger partial charge in [-0.15, -0.1) is 12.4 Å². The topological polar surface area (TPSA) is 56.1 Å².